The number of nitrogens with one attached hydrogen (secondary N) is 1. The number of imide groups is 1. The van der Waals surface area contributed by atoms with Crippen molar-refractivity contribution >= 4 is 40.0 Å². The predicted molar refractivity (Wildman–Crippen MR) is 116 cm³/mol. The monoisotopic (exact) mass is 456 g/mol. The molecule has 0 spiro atoms. The summed E-state index contributed by atoms with van der Waals surface area (Å²) in [6, 6.07) is 5.37. The van der Waals surface area contributed by atoms with Gasteiger partial charge in [0.05, 0.1) is 24.1 Å². The van der Waals surface area contributed by atoms with Crippen LogP contribution in [-0.4, -0.2) is 37.5 Å². The van der Waals surface area contributed by atoms with Crippen molar-refractivity contribution in [2.24, 2.45) is 7.05 Å². The molecule has 1 fully saturated rings. The molecule has 1 aliphatic rings. The number of carbonyl (C=O) groups is 3. The molecule has 1 aromatic carbocycles. The van der Waals surface area contributed by atoms with Crippen molar-refractivity contribution in [3.05, 3.63) is 59.1 Å². The highest BCUT2D eigenvalue weighted by Gasteiger charge is 2.52. The largest absolute Gasteiger partial charge is 0.325 e. The molecule has 0 saturated carbocycles. The van der Waals surface area contributed by atoms with Crippen LogP contribution in [0.15, 0.2) is 42.0 Å². The number of urea groups is 1. The van der Waals surface area contributed by atoms with Crippen LogP contribution < -0.4 is 10.2 Å². The zero-order chi connectivity index (χ0) is 23.0. The Balaban J connectivity index is 1.61. The number of nitrogens with zero attached hydrogens (tertiary/aromatic N) is 5. The molecule has 0 bridgehead atoms. The molecule has 2 aromatic heterocycles. The van der Waals surface area contributed by atoms with Crippen LogP contribution in [0.25, 0.3) is 0 Å². The fourth-order valence-electron chi connectivity index (χ4n) is 3.72. The van der Waals surface area contributed by atoms with Gasteiger partial charge < -0.3 is 5.32 Å². The summed E-state index contributed by atoms with van der Waals surface area (Å²) in [5, 5.41) is 8.80. The van der Waals surface area contributed by atoms with Crippen LogP contribution in [0.1, 0.15) is 31.5 Å². The number of aryl methyl sites for hydroxylation is 1. The van der Waals surface area contributed by atoms with Gasteiger partial charge in [0.1, 0.15) is 11.4 Å². The second-order valence-corrected chi connectivity index (χ2v) is 8.25. The molecule has 1 atom stereocenters. The number of rotatable bonds is 6. The van der Waals surface area contributed by atoms with Gasteiger partial charge in [-0.05, 0) is 18.6 Å². The number of carbonyl (C=O) groups excluding carboxylic acids is 3. The highest BCUT2D eigenvalue weighted by molar-refractivity contribution is 7.14. The minimum absolute atomic E-state index is 0.0772. The first kappa shape index (κ1) is 21.6. The van der Waals surface area contributed by atoms with Gasteiger partial charge >= 0.3 is 6.03 Å². The summed E-state index contributed by atoms with van der Waals surface area (Å²) in [6.45, 7) is 3.05. The number of halogens is 1. The number of benzene rings is 1. The van der Waals surface area contributed by atoms with E-state index in [4.69, 9.17) is 0 Å². The number of anilines is 2. The molecule has 4 amide bonds. The van der Waals surface area contributed by atoms with Gasteiger partial charge in [-0.2, -0.15) is 5.10 Å². The molecule has 1 N–H and O–H groups in total. The lowest BCUT2D eigenvalue weighted by molar-refractivity contribution is -0.132. The Labute approximate surface area is 187 Å². The highest BCUT2D eigenvalue weighted by atomic mass is 32.1. The van der Waals surface area contributed by atoms with E-state index in [0.29, 0.717) is 17.7 Å². The molecule has 1 unspecified atom stereocenters. The second kappa shape index (κ2) is 8.15. The lowest BCUT2D eigenvalue weighted by Crippen LogP contribution is -2.43. The molecule has 166 valence electrons. The fraction of sp³-hybridized carbons (Fsp3) is 0.286. The number of hydrogen-bond acceptors (Lipinski definition) is 6. The van der Waals surface area contributed by atoms with Gasteiger partial charge in [-0.3, -0.25) is 24.1 Å². The van der Waals surface area contributed by atoms with Crippen molar-refractivity contribution < 1.29 is 18.8 Å². The number of hydrogen-bond donors (Lipinski definition) is 1. The molecule has 9 nitrogen and oxygen atoms in total. The lowest BCUT2D eigenvalue weighted by Gasteiger charge is -2.23. The first-order valence-electron chi connectivity index (χ1n) is 9.89. The number of amides is 4. The molecule has 32 heavy (non-hydrogen) atoms. The van der Waals surface area contributed by atoms with Gasteiger partial charge in [-0.15, -0.1) is 11.3 Å². The van der Waals surface area contributed by atoms with Crippen molar-refractivity contribution in [3.8, 4) is 0 Å². The average Bonchev–Trinajstić information content (AvgIpc) is 3.45. The van der Waals surface area contributed by atoms with Gasteiger partial charge in [0.25, 0.3) is 5.91 Å². The summed E-state index contributed by atoms with van der Waals surface area (Å²) in [5.41, 5.74) is -0.0979. The quantitative estimate of drug-likeness (QED) is 0.575. The third kappa shape index (κ3) is 3.54. The van der Waals surface area contributed by atoms with Crippen molar-refractivity contribution in [2.75, 3.05) is 4.90 Å². The normalized spacial score (nSPS) is 18.2. The van der Waals surface area contributed by atoms with E-state index in [-0.39, 0.29) is 17.4 Å². The van der Waals surface area contributed by atoms with E-state index in [0.717, 1.165) is 16.2 Å². The summed E-state index contributed by atoms with van der Waals surface area (Å²) < 4.78 is 15.9. The Kier molecular flexibility index (Phi) is 5.51. The number of para-hydroxylation sites is 1. The fourth-order valence-corrected chi connectivity index (χ4v) is 4.60. The van der Waals surface area contributed by atoms with Gasteiger partial charge in [-0.1, -0.05) is 19.1 Å². The third-order valence-corrected chi connectivity index (χ3v) is 6.24. The first-order valence-corrected chi connectivity index (χ1v) is 10.8. The van der Waals surface area contributed by atoms with Crippen LogP contribution in [-0.2, 0) is 28.7 Å². The van der Waals surface area contributed by atoms with Crippen LogP contribution in [0.4, 0.5) is 20.0 Å². The standard InChI is InChI=1S/C21H21FN6O3S/c1-4-21(14-9-23-26(3)10-14)18(30)27(19(31)25-21)11-15-12-32-20(24-15)28(13(2)29)17-8-6-5-7-16(17)22/h5-10,12H,4,11H2,1-3H3,(H,25,31). The summed E-state index contributed by atoms with van der Waals surface area (Å²) in [7, 11) is 1.74. The van der Waals surface area contributed by atoms with Gasteiger partial charge in [0, 0.05) is 31.1 Å². The molecule has 11 heteroatoms. The third-order valence-electron chi connectivity index (χ3n) is 5.36. The highest BCUT2D eigenvalue weighted by Crippen LogP contribution is 2.34. The van der Waals surface area contributed by atoms with Crippen molar-refractivity contribution in [2.45, 2.75) is 32.4 Å². The Bertz CT molecular complexity index is 1210. The molecule has 1 aliphatic heterocycles. The zero-order valence-corrected chi connectivity index (χ0v) is 18.5. The van der Waals surface area contributed by atoms with Crippen LogP contribution in [0.2, 0.25) is 0 Å². The Morgan fingerprint density at radius 2 is 2.06 bits per heavy atom. The maximum Gasteiger partial charge on any atom is 0.325 e. The topological polar surface area (TPSA) is 100 Å². The van der Waals surface area contributed by atoms with E-state index >= 15 is 0 Å². The van der Waals surface area contributed by atoms with Crippen molar-refractivity contribution in [1.82, 2.24) is 25.0 Å². The molecule has 3 heterocycles. The summed E-state index contributed by atoms with van der Waals surface area (Å²) in [5.74, 6) is -1.37. The lowest BCUT2D eigenvalue weighted by atomic mass is 9.89. The van der Waals surface area contributed by atoms with Crippen LogP contribution in [0.3, 0.4) is 0 Å². The SMILES string of the molecule is CCC1(c2cnn(C)c2)NC(=O)N(Cc2csc(N(C(C)=O)c3ccccc3F)n2)C1=O. The number of aromatic nitrogens is 3. The van der Waals surface area contributed by atoms with E-state index in [1.165, 1.54) is 30.0 Å². The minimum atomic E-state index is -1.19. The maximum absolute atomic E-state index is 14.3. The summed E-state index contributed by atoms with van der Waals surface area (Å²) >= 11 is 1.13. The molecule has 0 radical (unpaired) electrons. The van der Waals surface area contributed by atoms with E-state index in [1.807, 2.05) is 6.92 Å². The smallest absolute Gasteiger partial charge is 0.319 e. The second-order valence-electron chi connectivity index (χ2n) is 7.41. The average molecular weight is 457 g/mol. The van der Waals surface area contributed by atoms with Gasteiger partial charge in [0.2, 0.25) is 5.91 Å². The molecular formula is C21H21FN6O3S. The van der Waals surface area contributed by atoms with Crippen LogP contribution in [0.5, 0.6) is 0 Å². The van der Waals surface area contributed by atoms with Gasteiger partial charge in [0.15, 0.2) is 5.13 Å². The molecule has 0 aliphatic carbocycles. The summed E-state index contributed by atoms with van der Waals surface area (Å²) in [4.78, 5) is 44.8. The van der Waals surface area contributed by atoms with E-state index in [1.54, 1.807) is 35.6 Å². The number of thiazole rings is 1. The zero-order valence-electron chi connectivity index (χ0n) is 17.7. The Morgan fingerprint density at radius 3 is 2.69 bits per heavy atom. The Morgan fingerprint density at radius 1 is 1.31 bits per heavy atom. The molecular weight excluding hydrogens is 435 g/mol. The molecule has 3 aromatic rings. The molecule has 4 rings (SSSR count). The van der Waals surface area contributed by atoms with E-state index in [9.17, 15) is 18.8 Å². The maximum atomic E-state index is 14.3. The molecule has 1 saturated heterocycles. The minimum Gasteiger partial charge on any atom is -0.319 e. The van der Waals surface area contributed by atoms with E-state index < -0.39 is 29.2 Å². The van der Waals surface area contributed by atoms with Crippen LogP contribution in [0, 0.1) is 5.82 Å². The van der Waals surface area contributed by atoms with Crippen molar-refractivity contribution in [3.63, 3.8) is 0 Å². The van der Waals surface area contributed by atoms with Crippen LogP contribution >= 0.6 is 11.3 Å². The predicted octanol–water partition coefficient (Wildman–Crippen LogP) is 3.06. The van der Waals surface area contributed by atoms with Crippen molar-refractivity contribution in [1.29, 1.82) is 0 Å². The first-order chi connectivity index (χ1) is 15.3. The summed E-state index contributed by atoms with van der Waals surface area (Å²) in [6.07, 6.45) is 3.62. The van der Waals surface area contributed by atoms with E-state index in [2.05, 4.69) is 15.4 Å². The Hall–Kier alpha value is -3.60. The van der Waals surface area contributed by atoms with Gasteiger partial charge in [-0.25, -0.2) is 14.2 Å².